The van der Waals surface area contributed by atoms with Crippen molar-refractivity contribution in [3.8, 4) is 17.1 Å². The zero-order valence-electron chi connectivity index (χ0n) is 16.5. The van der Waals surface area contributed by atoms with Crippen LogP contribution in [-0.2, 0) is 11.3 Å². The predicted molar refractivity (Wildman–Crippen MR) is 121 cm³/mol. The molecule has 10 heteroatoms. The van der Waals surface area contributed by atoms with Gasteiger partial charge in [-0.2, -0.15) is 0 Å². The molecule has 0 aliphatic rings. The molecule has 2 aromatic heterocycles. The zero-order valence-corrected chi connectivity index (χ0v) is 18.2. The number of halogens is 1. The summed E-state index contributed by atoms with van der Waals surface area (Å²) >= 11 is 2.50. The molecule has 2 heterocycles. The third kappa shape index (κ3) is 4.75. The van der Waals surface area contributed by atoms with Crippen LogP contribution in [0.15, 0.2) is 60.3 Å². The maximum Gasteiger partial charge on any atom is 0.236 e. The first kappa shape index (κ1) is 21.0. The van der Waals surface area contributed by atoms with Crippen LogP contribution in [0.1, 0.15) is 0 Å². The number of nitrogens with one attached hydrogen (secondary N) is 1. The van der Waals surface area contributed by atoms with Gasteiger partial charge in [-0.25, -0.2) is 9.37 Å². The minimum atomic E-state index is -0.334. The molecule has 0 unspecified atom stereocenters. The summed E-state index contributed by atoms with van der Waals surface area (Å²) in [6.45, 7) is 4.30. The number of hydrogen-bond acceptors (Lipinski definition) is 7. The number of rotatable bonds is 8. The summed E-state index contributed by atoms with van der Waals surface area (Å²) in [7, 11) is 1.61. The third-order valence-corrected chi connectivity index (χ3v) is 6.21. The van der Waals surface area contributed by atoms with Gasteiger partial charge in [-0.3, -0.25) is 9.36 Å². The lowest BCUT2D eigenvalue weighted by Crippen LogP contribution is -2.14. The van der Waals surface area contributed by atoms with Crippen molar-refractivity contribution < 1.29 is 13.9 Å². The van der Waals surface area contributed by atoms with Crippen molar-refractivity contribution in [2.45, 2.75) is 11.7 Å². The van der Waals surface area contributed by atoms with Gasteiger partial charge in [0.1, 0.15) is 11.6 Å². The molecule has 1 amide bonds. The number of benzene rings is 2. The van der Waals surface area contributed by atoms with Crippen LogP contribution in [0.3, 0.4) is 0 Å². The summed E-state index contributed by atoms with van der Waals surface area (Å²) < 4.78 is 21.1. The number of allylic oxidation sites excluding steroid dienone is 1. The van der Waals surface area contributed by atoms with Gasteiger partial charge >= 0.3 is 0 Å². The number of nitrogens with zero attached hydrogens (tertiary/aromatic N) is 4. The summed E-state index contributed by atoms with van der Waals surface area (Å²) in [6.07, 6.45) is 1.75. The van der Waals surface area contributed by atoms with Crippen molar-refractivity contribution in [2.24, 2.45) is 0 Å². The highest BCUT2D eigenvalue weighted by Crippen LogP contribution is 2.28. The summed E-state index contributed by atoms with van der Waals surface area (Å²) in [4.78, 5) is 16.7. The van der Waals surface area contributed by atoms with Gasteiger partial charge < -0.3 is 10.1 Å². The molecular weight excluding hydrogens is 437 g/mol. The van der Waals surface area contributed by atoms with Gasteiger partial charge in [0, 0.05) is 12.1 Å². The van der Waals surface area contributed by atoms with E-state index in [4.69, 9.17) is 4.74 Å². The first-order valence-electron chi connectivity index (χ1n) is 9.24. The van der Waals surface area contributed by atoms with Crippen LogP contribution in [0.25, 0.3) is 21.6 Å². The summed E-state index contributed by atoms with van der Waals surface area (Å²) in [5.74, 6) is 0.992. The summed E-state index contributed by atoms with van der Waals surface area (Å²) in [5, 5.41) is 12.3. The lowest BCUT2D eigenvalue weighted by atomic mass is 10.2. The second-order valence-corrected chi connectivity index (χ2v) is 8.38. The molecule has 4 rings (SSSR count). The molecular formula is C21H18FN5O2S2. The number of methoxy groups -OCH3 is 1. The molecule has 0 saturated heterocycles. The number of amides is 1. The Bertz CT molecular complexity index is 1240. The number of thioether (sulfide) groups is 1. The van der Waals surface area contributed by atoms with Gasteiger partial charge in [-0.05, 0) is 42.5 Å². The normalized spacial score (nSPS) is 10.9. The molecule has 0 saturated carbocycles. The maximum absolute atomic E-state index is 13.3. The highest BCUT2D eigenvalue weighted by atomic mass is 32.2. The second kappa shape index (κ2) is 9.27. The minimum Gasteiger partial charge on any atom is -0.497 e. The molecule has 0 radical (unpaired) electrons. The molecule has 0 aliphatic heterocycles. The van der Waals surface area contributed by atoms with Crippen molar-refractivity contribution >= 4 is 44.4 Å². The Labute approximate surface area is 186 Å². The average Bonchev–Trinajstić information content (AvgIpc) is 3.35. The number of anilines is 1. The molecule has 0 aliphatic carbocycles. The molecule has 158 valence electrons. The van der Waals surface area contributed by atoms with Crippen molar-refractivity contribution in [3.05, 3.63) is 60.9 Å². The van der Waals surface area contributed by atoms with Gasteiger partial charge in [-0.1, -0.05) is 29.2 Å². The Morgan fingerprint density at radius 1 is 1.29 bits per heavy atom. The van der Waals surface area contributed by atoms with Crippen LogP contribution in [0.5, 0.6) is 5.75 Å². The Balaban J connectivity index is 1.46. The van der Waals surface area contributed by atoms with E-state index in [0.29, 0.717) is 32.9 Å². The van der Waals surface area contributed by atoms with E-state index in [9.17, 15) is 9.18 Å². The van der Waals surface area contributed by atoms with Crippen LogP contribution in [0.4, 0.5) is 9.52 Å². The van der Waals surface area contributed by atoms with Crippen LogP contribution >= 0.6 is 23.1 Å². The van der Waals surface area contributed by atoms with E-state index in [1.54, 1.807) is 19.3 Å². The van der Waals surface area contributed by atoms with Crippen LogP contribution in [-0.4, -0.2) is 38.5 Å². The van der Waals surface area contributed by atoms with E-state index in [2.05, 4.69) is 27.1 Å². The monoisotopic (exact) mass is 455 g/mol. The summed E-state index contributed by atoms with van der Waals surface area (Å²) in [6, 6.07) is 11.8. The van der Waals surface area contributed by atoms with Gasteiger partial charge in [0.25, 0.3) is 0 Å². The highest BCUT2D eigenvalue weighted by molar-refractivity contribution is 7.99. The summed E-state index contributed by atoms with van der Waals surface area (Å²) in [5.41, 5.74) is 1.53. The Morgan fingerprint density at radius 2 is 2.10 bits per heavy atom. The van der Waals surface area contributed by atoms with Gasteiger partial charge in [-0.15, -0.1) is 16.8 Å². The number of fused-ring (bicyclic) bond motifs is 1. The molecule has 0 spiro atoms. The van der Waals surface area contributed by atoms with Gasteiger partial charge in [0.05, 0.1) is 23.1 Å². The average molecular weight is 456 g/mol. The molecule has 0 fully saturated rings. The quantitative estimate of drug-likeness (QED) is 0.308. The fourth-order valence-electron chi connectivity index (χ4n) is 2.88. The lowest BCUT2D eigenvalue weighted by molar-refractivity contribution is -0.113. The van der Waals surface area contributed by atoms with E-state index >= 15 is 0 Å². The fraction of sp³-hybridized carbons (Fsp3) is 0.143. The van der Waals surface area contributed by atoms with Gasteiger partial charge in [0.2, 0.25) is 5.91 Å². The molecule has 7 nitrogen and oxygen atoms in total. The molecule has 31 heavy (non-hydrogen) atoms. The van der Waals surface area contributed by atoms with Gasteiger partial charge in [0.15, 0.2) is 16.1 Å². The van der Waals surface area contributed by atoms with E-state index in [-0.39, 0.29) is 17.5 Å². The second-order valence-electron chi connectivity index (χ2n) is 6.40. The SMILES string of the molecule is C=CCn1c(SCC(=O)Nc2nc3ccc(F)cc3s2)nnc1-c1ccc(OC)cc1. The first-order valence-corrected chi connectivity index (χ1v) is 11.0. The van der Waals surface area contributed by atoms with E-state index < -0.39 is 0 Å². The zero-order chi connectivity index (χ0) is 21.8. The van der Waals surface area contributed by atoms with Crippen molar-refractivity contribution in [1.82, 2.24) is 19.7 Å². The predicted octanol–water partition coefficient (Wildman–Crippen LogP) is 4.62. The molecule has 2 aromatic carbocycles. The van der Waals surface area contributed by atoms with Crippen LogP contribution in [0.2, 0.25) is 0 Å². The Morgan fingerprint density at radius 3 is 2.84 bits per heavy atom. The topological polar surface area (TPSA) is 81.9 Å². The number of thiazole rings is 1. The first-order chi connectivity index (χ1) is 15.1. The Kier molecular flexibility index (Phi) is 6.28. The third-order valence-electron chi connectivity index (χ3n) is 4.31. The highest BCUT2D eigenvalue weighted by Gasteiger charge is 2.16. The lowest BCUT2D eigenvalue weighted by Gasteiger charge is -2.08. The standard InChI is InChI=1S/C21H18FN5O2S2/c1-3-10-27-19(13-4-7-15(29-2)8-5-13)25-26-21(27)30-12-18(28)24-20-23-16-9-6-14(22)11-17(16)31-20/h3-9,11H,1,10,12H2,2H3,(H,23,24,28). The largest absolute Gasteiger partial charge is 0.497 e. The van der Waals surface area contributed by atoms with Crippen molar-refractivity contribution in [2.75, 3.05) is 18.2 Å². The fourth-order valence-corrected chi connectivity index (χ4v) is 4.53. The van der Waals surface area contributed by atoms with E-state index in [0.717, 1.165) is 11.3 Å². The molecule has 0 atom stereocenters. The molecule has 0 bridgehead atoms. The molecule has 4 aromatic rings. The molecule has 1 N–H and O–H groups in total. The smallest absolute Gasteiger partial charge is 0.236 e. The van der Waals surface area contributed by atoms with Crippen molar-refractivity contribution in [3.63, 3.8) is 0 Å². The number of carbonyl (C=O) groups is 1. The minimum absolute atomic E-state index is 0.127. The van der Waals surface area contributed by atoms with E-state index in [1.807, 2.05) is 28.8 Å². The van der Waals surface area contributed by atoms with Crippen LogP contribution < -0.4 is 10.1 Å². The number of aromatic nitrogens is 4. The number of carbonyl (C=O) groups excluding carboxylic acids is 1. The number of ether oxygens (including phenoxy) is 1. The maximum atomic E-state index is 13.3. The Hall–Kier alpha value is -3.24. The number of hydrogen-bond donors (Lipinski definition) is 1. The van der Waals surface area contributed by atoms with Crippen molar-refractivity contribution in [1.29, 1.82) is 0 Å². The van der Waals surface area contributed by atoms with Crippen LogP contribution in [0, 0.1) is 5.82 Å². The van der Waals surface area contributed by atoms with E-state index in [1.165, 1.54) is 35.2 Å².